The molecule has 5 nitrogen and oxygen atoms in total. The average Bonchev–Trinajstić information content (AvgIpc) is 2.74. The monoisotopic (exact) mass is 436 g/mol. The van der Waals surface area contributed by atoms with E-state index in [0.717, 1.165) is 19.2 Å². The van der Waals surface area contributed by atoms with Gasteiger partial charge in [-0.25, -0.2) is 4.98 Å². The van der Waals surface area contributed by atoms with Gasteiger partial charge in [0, 0.05) is 38.6 Å². The van der Waals surface area contributed by atoms with Crippen molar-refractivity contribution in [2.24, 2.45) is 0 Å². The van der Waals surface area contributed by atoms with Gasteiger partial charge in [-0.05, 0) is 38.7 Å². The lowest BCUT2D eigenvalue weighted by Gasteiger charge is -2.30. The number of aromatic nitrogens is 1. The van der Waals surface area contributed by atoms with Gasteiger partial charge in [0.2, 0.25) is 5.91 Å². The number of benzene rings is 1. The van der Waals surface area contributed by atoms with Crippen molar-refractivity contribution in [2.75, 3.05) is 38.6 Å². The molecule has 1 unspecified atom stereocenters. The molecule has 0 spiro atoms. The van der Waals surface area contributed by atoms with Crippen molar-refractivity contribution < 1.29 is 18.0 Å². The fourth-order valence-electron chi connectivity index (χ4n) is 3.27. The topological polar surface area (TPSA) is 39.7 Å². The lowest BCUT2D eigenvalue weighted by Crippen LogP contribution is -2.43. The summed E-state index contributed by atoms with van der Waals surface area (Å²) in [5, 5.41) is 0. The number of alkyl halides is 3. The van der Waals surface area contributed by atoms with Crippen LogP contribution in [0.5, 0.6) is 0 Å². The predicted molar refractivity (Wildman–Crippen MR) is 117 cm³/mol. The highest BCUT2D eigenvalue weighted by atomic mass is 19.4. The van der Waals surface area contributed by atoms with E-state index in [1.165, 1.54) is 22.6 Å². The van der Waals surface area contributed by atoms with Gasteiger partial charge < -0.3 is 4.90 Å². The zero-order chi connectivity index (χ0) is 23.0. The number of carbonyl (C=O) groups excluding carboxylic acids is 1. The molecule has 1 aromatic carbocycles. The number of pyridine rings is 1. The van der Waals surface area contributed by atoms with Crippen LogP contribution in [0.4, 0.5) is 19.0 Å². The highest BCUT2D eigenvalue weighted by molar-refractivity contribution is 5.92. The number of halogens is 3. The second-order valence-corrected chi connectivity index (χ2v) is 7.79. The zero-order valence-corrected chi connectivity index (χ0v) is 18.6. The van der Waals surface area contributed by atoms with Crippen LogP contribution >= 0.6 is 0 Å². The molecule has 0 radical (unpaired) electrons. The number of carbonyl (C=O) groups is 1. The summed E-state index contributed by atoms with van der Waals surface area (Å²) in [4.78, 5) is 21.7. The fraction of sp³-hybridized carbons (Fsp3) is 0.478. The molecule has 0 N–H and O–H groups in total. The van der Waals surface area contributed by atoms with E-state index in [2.05, 4.69) is 40.9 Å². The van der Waals surface area contributed by atoms with E-state index in [9.17, 15) is 18.0 Å². The summed E-state index contributed by atoms with van der Waals surface area (Å²) in [5.74, 6) is -0.223. The quantitative estimate of drug-likeness (QED) is 0.557. The van der Waals surface area contributed by atoms with Gasteiger partial charge >= 0.3 is 6.18 Å². The third kappa shape index (κ3) is 7.63. The molecule has 0 saturated heterocycles. The molecule has 2 aromatic rings. The molecule has 1 amide bonds. The summed E-state index contributed by atoms with van der Waals surface area (Å²) in [6.45, 7) is 6.19. The minimum absolute atomic E-state index is 0.0318. The summed E-state index contributed by atoms with van der Waals surface area (Å²) >= 11 is 0. The van der Waals surface area contributed by atoms with Crippen LogP contribution in [-0.4, -0.2) is 60.5 Å². The maximum Gasteiger partial charge on any atom is 0.433 e. The molecule has 31 heavy (non-hydrogen) atoms. The van der Waals surface area contributed by atoms with Crippen molar-refractivity contribution in [1.82, 2.24) is 14.8 Å². The number of nitrogens with zero attached hydrogens (tertiary/aromatic N) is 4. The van der Waals surface area contributed by atoms with Crippen molar-refractivity contribution in [3.05, 3.63) is 59.8 Å². The van der Waals surface area contributed by atoms with Crippen LogP contribution in [0.2, 0.25) is 0 Å². The van der Waals surface area contributed by atoms with Gasteiger partial charge in [0.05, 0.1) is 0 Å². The van der Waals surface area contributed by atoms with Crippen LogP contribution in [0.1, 0.15) is 31.5 Å². The van der Waals surface area contributed by atoms with Crippen LogP contribution in [0, 0.1) is 0 Å². The fourth-order valence-corrected chi connectivity index (χ4v) is 3.27. The molecule has 0 saturated carbocycles. The van der Waals surface area contributed by atoms with Gasteiger partial charge in [0.25, 0.3) is 0 Å². The first kappa shape index (κ1) is 24.8. The first-order valence-electron chi connectivity index (χ1n) is 10.4. The van der Waals surface area contributed by atoms with Gasteiger partial charge in [-0.15, -0.1) is 0 Å². The van der Waals surface area contributed by atoms with Crippen LogP contribution in [0.15, 0.2) is 48.5 Å². The number of amides is 1. The average molecular weight is 437 g/mol. The molecule has 0 bridgehead atoms. The Morgan fingerprint density at radius 3 is 2.32 bits per heavy atom. The number of hydrogen-bond acceptors (Lipinski definition) is 4. The van der Waals surface area contributed by atoms with Crippen LogP contribution in [-0.2, 0) is 17.5 Å². The molecule has 0 aliphatic rings. The third-order valence-corrected chi connectivity index (χ3v) is 5.21. The van der Waals surface area contributed by atoms with Crippen LogP contribution in [0.25, 0.3) is 0 Å². The molecule has 1 heterocycles. The number of likely N-dealkylation sites (N-methyl/N-ethyl adjacent to an activating group) is 2. The van der Waals surface area contributed by atoms with E-state index in [1.54, 1.807) is 6.92 Å². The second-order valence-electron chi connectivity index (χ2n) is 7.79. The standard InChI is InChI=1S/C23H31F3N4O/c1-5-22(31)30(21-13-9-12-20(27-21)23(24,25)26)15-14-28(3)16-18(2)29(4)17-19-10-7-6-8-11-19/h6-13,18H,5,14-17H2,1-4H3. The third-order valence-electron chi connectivity index (χ3n) is 5.21. The molecule has 1 atom stereocenters. The molecule has 0 fully saturated rings. The lowest BCUT2D eigenvalue weighted by molar-refractivity contribution is -0.141. The van der Waals surface area contributed by atoms with Gasteiger partial charge in [-0.3, -0.25) is 14.6 Å². The molecule has 170 valence electrons. The summed E-state index contributed by atoms with van der Waals surface area (Å²) in [6, 6.07) is 14.1. The Hall–Kier alpha value is -2.45. The van der Waals surface area contributed by atoms with Crippen molar-refractivity contribution in [2.45, 2.75) is 39.0 Å². The SMILES string of the molecule is CCC(=O)N(CCN(C)CC(C)N(C)Cc1ccccc1)c1cccc(C(F)(F)F)n1. The number of hydrogen-bond donors (Lipinski definition) is 0. The van der Waals surface area contributed by atoms with Crippen LogP contribution < -0.4 is 4.90 Å². The predicted octanol–water partition coefficient (Wildman–Crippen LogP) is 4.30. The van der Waals surface area contributed by atoms with E-state index in [4.69, 9.17) is 0 Å². The molecule has 0 aliphatic carbocycles. The second kappa shape index (κ2) is 11.2. The van der Waals surface area contributed by atoms with Crippen molar-refractivity contribution >= 4 is 11.7 Å². The molecule has 2 rings (SSSR count). The highest BCUT2D eigenvalue weighted by Gasteiger charge is 2.33. The molecule has 8 heteroatoms. The summed E-state index contributed by atoms with van der Waals surface area (Å²) in [7, 11) is 4.01. The van der Waals surface area contributed by atoms with E-state index in [1.807, 2.05) is 25.2 Å². The van der Waals surface area contributed by atoms with E-state index in [-0.39, 0.29) is 30.7 Å². The lowest BCUT2D eigenvalue weighted by atomic mass is 10.2. The Morgan fingerprint density at radius 1 is 1.03 bits per heavy atom. The van der Waals surface area contributed by atoms with Gasteiger partial charge in [-0.2, -0.15) is 13.2 Å². The molecular formula is C23H31F3N4O. The number of anilines is 1. The summed E-state index contributed by atoms with van der Waals surface area (Å²) < 4.78 is 39.1. The minimum Gasteiger partial charge on any atom is -0.303 e. The number of rotatable bonds is 10. The highest BCUT2D eigenvalue weighted by Crippen LogP contribution is 2.29. The van der Waals surface area contributed by atoms with Crippen molar-refractivity contribution in [1.29, 1.82) is 0 Å². The Labute approximate surface area is 182 Å². The Bertz CT molecular complexity index is 829. The molecular weight excluding hydrogens is 405 g/mol. The Balaban J connectivity index is 1.98. The summed E-state index contributed by atoms with van der Waals surface area (Å²) in [6.07, 6.45) is -4.36. The normalized spacial score (nSPS) is 12.9. The Kier molecular flexibility index (Phi) is 9.00. The van der Waals surface area contributed by atoms with Crippen molar-refractivity contribution in [3.63, 3.8) is 0 Å². The maximum absolute atomic E-state index is 13.0. The van der Waals surface area contributed by atoms with E-state index >= 15 is 0 Å². The first-order chi connectivity index (χ1) is 14.6. The Morgan fingerprint density at radius 2 is 1.71 bits per heavy atom. The van der Waals surface area contributed by atoms with Gasteiger partial charge in [0.1, 0.15) is 11.5 Å². The van der Waals surface area contributed by atoms with Crippen LogP contribution in [0.3, 0.4) is 0 Å². The van der Waals surface area contributed by atoms with Gasteiger partial charge in [0.15, 0.2) is 0 Å². The minimum atomic E-state index is -4.55. The largest absolute Gasteiger partial charge is 0.433 e. The molecule has 1 aromatic heterocycles. The summed E-state index contributed by atoms with van der Waals surface area (Å²) in [5.41, 5.74) is 0.234. The van der Waals surface area contributed by atoms with Gasteiger partial charge in [-0.1, -0.05) is 43.3 Å². The van der Waals surface area contributed by atoms with E-state index < -0.39 is 11.9 Å². The zero-order valence-electron chi connectivity index (χ0n) is 18.6. The molecule has 0 aliphatic heterocycles. The van der Waals surface area contributed by atoms with E-state index in [0.29, 0.717) is 6.54 Å². The maximum atomic E-state index is 13.0. The van der Waals surface area contributed by atoms with Crippen molar-refractivity contribution in [3.8, 4) is 0 Å². The smallest absolute Gasteiger partial charge is 0.303 e. The first-order valence-corrected chi connectivity index (χ1v) is 10.4.